The third-order valence-corrected chi connectivity index (χ3v) is 1.88. The van der Waals surface area contributed by atoms with Crippen LogP contribution in [0.2, 0.25) is 0 Å². The van der Waals surface area contributed by atoms with Crippen molar-refractivity contribution in [2.75, 3.05) is 0 Å². The number of nitrogens with two attached hydrogens (primary N) is 1. The molecule has 0 spiro atoms. The number of nitrogen functional groups attached to an aromatic ring is 1. The number of rotatable bonds is 4. The minimum atomic E-state index is 0. The van der Waals surface area contributed by atoms with E-state index in [0.717, 1.165) is 11.1 Å². The third-order valence-electron chi connectivity index (χ3n) is 1.88. The molecule has 0 bridgehead atoms. The summed E-state index contributed by atoms with van der Waals surface area (Å²) in [6.07, 6.45) is 0.190. The van der Waals surface area contributed by atoms with Crippen molar-refractivity contribution in [1.82, 2.24) is 0 Å². The van der Waals surface area contributed by atoms with Gasteiger partial charge in [-0.05, 0) is 19.4 Å². The second-order valence-corrected chi connectivity index (χ2v) is 3.43. The highest BCUT2D eigenvalue weighted by Gasteiger charge is 2.04. The summed E-state index contributed by atoms with van der Waals surface area (Å²) in [5.41, 5.74) is 7.17. The van der Waals surface area contributed by atoms with Gasteiger partial charge in [0.05, 0.1) is 12.7 Å². The molecule has 84 valence electrons. The van der Waals surface area contributed by atoms with E-state index < -0.39 is 0 Å². The maximum absolute atomic E-state index is 7.38. The molecule has 3 N–H and O–H groups in total. The van der Waals surface area contributed by atoms with Gasteiger partial charge in [0, 0.05) is 5.56 Å². The van der Waals surface area contributed by atoms with Crippen molar-refractivity contribution in [2.45, 2.75) is 26.6 Å². The maximum Gasteiger partial charge on any atom is 0.123 e. The van der Waals surface area contributed by atoms with E-state index in [4.69, 9.17) is 15.9 Å². The summed E-state index contributed by atoms with van der Waals surface area (Å²) in [6.45, 7) is 4.47. The fourth-order valence-electron chi connectivity index (χ4n) is 1.17. The van der Waals surface area contributed by atoms with Crippen molar-refractivity contribution in [3.05, 3.63) is 35.4 Å². The van der Waals surface area contributed by atoms with Crippen molar-refractivity contribution in [2.24, 2.45) is 5.73 Å². The Morgan fingerprint density at radius 1 is 1.40 bits per heavy atom. The highest BCUT2D eigenvalue weighted by atomic mass is 35.5. The molecule has 1 rings (SSSR count). The van der Waals surface area contributed by atoms with Gasteiger partial charge in [0.15, 0.2) is 0 Å². The van der Waals surface area contributed by atoms with Crippen LogP contribution in [0.5, 0.6) is 0 Å². The number of nitrogens with one attached hydrogen (secondary N) is 1. The van der Waals surface area contributed by atoms with Crippen LogP contribution in [-0.2, 0) is 11.3 Å². The molecule has 0 aromatic heterocycles. The van der Waals surface area contributed by atoms with Crippen LogP contribution in [0.4, 0.5) is 0 Å². The summed E-state index contributed by atoms with van der Waals surface area (Å²) >= 11 is 0. The standard InChI is InChI=1S/C11H16N2O.ClH/c1-8(2)14-7-9-5-3-4-6-10(9)11(12)13;/h3-6,8H,7H2,1-2H3,(H3,12,13);1H. The van der Waals surface area contributed by atoms with E-state index in [1.54, 1.807) is 0 Å². The lowest BCUT2D eigenvalue weighted by Crippen LogP contribution is -2.15. The fraction of sp³-hybridized carbons (Fsp3) is 0.364. The van der Waals surface area contributed by atoms with E-state index >= 15 is 0 Å². The Morgan fingerprint density at radius 2 is 2.00 bits per heavy atom. The lowest BCUT2D eigenvalue weighted by Gasteiger charge is -2.10. The van der Waals surface area contributed by atoms with E-state index in [2.05, 4.69) is 0 Å². The first-order chi connectivity index (χ1) is 6.61. The Kier molecular flexibility index (Phi) is 5.97. The van der Waals surface area contributed by atoms with Gasteiger partial charge in [-0.15, -0.1) is 12.4 Å². The number of hydrogen-bond acceptors (Lipinski definition) is 2. The predicted molar refractivity (Wildman–Crippen MR) is 64.6 cm³/mol. The van der Waals surface area contributed by atoms with Crippen molar-refractivity contribution in [3.63, 3.8) is 0 Å². The number of benzene rings is 1. The lowest BCUT2D eigenvalue weighted by molar-refractivity contribution is 0.0656. The molecular formula is C11H17ClN2O. The average Bonchev–Trinajstić information content (AvgIpc) is 2.15. The third kappa shape index (κ3) is 4.32. The Labute approximate surface area is 96.5 Å². The van der Waals surface area contributed by atoms with E-state index in [-0.39, 0.29) is 24.3 Å². The summed E-state index contributed by atoms with van der Waals surface area (Å²) in [5.74, 6) is 0.0907. The zero-order valence-electron chi connectivity index (χ0n) is 8.99. The van der Waals surface area contributed by atoms with Gasteiger partial charge in [-0.1, -0.05) is 24.3 Å². The molecule has 0 heterocycles. The van der Waals surface area contributed by atoms with Gasteiger partial charge in [0.1, 0.15) is 5.84 Å². The molecule has 0 aliphatic heterocycles. The second kappa shape index (κ2) is 6.43. The predicted octanol–water partition coefficient (Wildman–Crippen LogP) is 2.32. The molecule has 3 nitrogen and oxygen atoms in total. The van der Waals surface area contributed by atoms with Crippen LogP contribution in [0.15, 0.2) is 24.3 Å². The van der Waals surface area contributed by atoms with E-state index in [0.29, 0.717) is 6.61 Å². The highest BCUT2D eigenvalue weighted by molar-refractivity contribution is 5.96. The van der Waals surface area contributed by atoms with Crippen LogP contribution >= 0.6 is 12.4 Å². The van der Waals surface area contributed by atoms with Crippen LogP contribution in [0.3, 0.4) is 0 Å². The van der Waals surface area contributed by atoms with Gasteiger partial charge < -0.3 is 10.5 Å². The molecule has 0 unspecified atom stereocenters. The fourth-order valence-corrected chi connectivity index (χ4v) is 1.17. The summed E-state index contributed by atoms with van der Waals surface area (Å²) in [5, 5.41) is 7.38. The molecular weight excluding hydrogens is 212 g/mol. The molecule has 4 heteroatoms. The molecule has 0 saturated carbocycles. The van der Waals surface area contributed by atoms with E-state index in [1.165, 1.54) is 0 Å². The first-order valence-corrected chi connectivity index (χ1v) is 4.65. The number of ether oxygens (including phenoxy) is 1. The SMILES string of the molecule is CC(C)OCc1ccccc1C(=N)N.Cl. The van der Waals surface area contributed by atoms with E-state index in [9.17, 15) is 0 Å². The monoisotopic (exact) mass is 228 g/mol. The van der Waals surface area contributed by atoms with Crippen molar-refractivity contribution < 1.29 is 4.74 Å². The Morgan fingerprint density at radius 3 is 2.53 bits per heavy atom. The zero-order valence-corrected chi connectivity index (χ0v) is 9.80. The molecule has 15 heavy (non-hydrogen) atoms. The van der Waals surface area contributed by atoms with Gasteiger partial charge in [-0.25, -0.2) is 0 Å². The number of hydrogen-bond donors (Lipinski definition) is 2. The smallest absolute Gasteiger partial charge is 0.123 e. The number of amidine groups is 1. The van der Waals surface area contributed by atoms with Gasteiger partial charge in [0.2, 0.25) is 0 Å². The first kappa shape index (κ1) is 13.9. The van der Waals surface area contributed by atoms with Gasteiger partial charge >= 0.3 is 0 Å². The maximum atomic E-state index is 7.38. The molecule has 0 atom stereocenters. The summed E-state index contributed by atoms with van der Waals surface area (Å²) < 4.78 is 5.47. The average molecular weight is 229 g/mol. The molecule has 0 aliphatic rings. The van der Waals surface area contributed by atoms with E-state index in [1.807, 2.05) is 38.1 Å². The van der Waals surface area contributed by atoms with Crippen LogP contribution in [0, 0.1) is 5.41 Å². The zero-order chi connectivity index (χ0) is 10.6. The molecule has 0 fully saturated rings. The quantitative estimate of drug-likeness (QED) is 0.614. The largest absolute Gasteiger partial charge is 0.384 e. The Balaban J connectivity index is 0.00000196. The molecule has 0 aliphatic carbocycles. The van der Waals surface area contributed by atoms with Gasteiger partial charge in [0.25, 0.3) is 0 Å². The minimum Gasteiger partial charge on any atom is -0.384 e. The summed E-state index contributed by atoms with van der Waals surface area (Å²) in [4.78, 5) is 0. The highest BCUT2D eigenvalue weighted by Crippen LogP contribution is 2.10. The van der Waals surface area contributed by atoms with Crippen LogP contribution in [0.25, 0.3) is 0 Å². The molecule has 0 saturated heterocycles. The van der Waals surface area contributed by atoms with Crippen molar-refractivity contribution in [3.8, 4) is 0 Å². The Bertz CT molecular complexity index is 326. The minimum absolute atomic E-state index is 0. The van der Waals surface area contributed by atoms with Gasteiger partial charge in [-0.3, -0.25) is 5.41 Å². The van der Waals surface area contributed by atoms with Crippen molar-refractivity contribution >= 4 is 18.2 Å². The lowest BCUT2D eigenvalue weighted by atomic mass is 10.1. The Hall–Kier alpha value is -1.06. The van der Waals surface area contributed by atoms with Gasteiger partial charge in [-0.2, -0.15) is 0 Å². The van der Waals surface area contributed by atoms with Crippen LogP contribution < -0.4 is 5.73 Å². The molecule has 0 radical (unpaired) electrons. The molecule has 1 aromatic rings. The summed E-state index contributed by atoms with van der Waals surface area (Å²) in [6, 6.07) is 7.56. The van der Waals surface area contributed by atoms with Crippen LogP contribution in [0.1, 0.15) is 25.0 Å². The molecule has 0 amide bonds. The van der Waals surface area contributed by atoms with Crippen LogP contribution in [-0.4, -0.2) is 11.9 Å². The summed E-state index contributed by atoms with van der Waals surface area (Å²) in [7, 11) is 0. The first-order valence-electron chi connectivity index (χ1n) is 4.65. The number of halogens is 1. The second-order valence-electron chi connectivity index (χ2n) is 3.43. The van der Waals surface area contributed by atoms with Crippen molar-refractivity contribution in [1.29, 1.82) is 5.41 Å². The topological polar surface area (TPSA) is 59.1 Å². The normalized spacial score (nSPS) is 9.80. The molecule has 1 aromatic carbocycles.